The molecule has 1 aromatic heterocycles. The smallest absolute Gasteiger partial charge is 0.270 e. The molecule has 0 saturated heterocycles. The first-order valence-corrected chi connectivity index (χ1v) is 2.68. The van der Waals surface area contributed by atoms with Crippen molar-refractivity contribution in [2.24, 2.45) is 10.2 Å². The van der Waals surface area contributed by atoms with Gasteiger partial charge in [-0.05, 0) is 0 Å². The Morgan fingerprint density at radius 2 is 2.50 bits per heavy atom. The second-order valence-electron chi connectivity index (χ2n) is 1.77. The molecule has 2 heterocycles. The number of azo groups is 1. The molecule has 1 aliphatic heterocycles. The number of hydrogen-bond acceptors (Lipinski definition) is 5. The molecule has 2 rings (SSSR count). The Balaban J connectivity index is 2.62. The molecule has 1 aliphatic rings. The fourth-order valence-corrected chi connectivity index (χ4v) is 0.706. The van der Waals surface area contributed by atoms with Gasteiger partial charge in [-0.2, -0.15) is 19.9 Å². The van der Waals surface area contributed by atoms with Gasteiger partial charge in [0.15, 0.2) is 0 Å². The fraction of sp³-hybridized carbons (Fsp3) is 0.250. The van der Waals surface area contributed by atoms with Gasteiger partial charge < -0.3 is 0 Å². The molecule has 1 aromatic rings. The predicted octanol–water partition coefficient (Wildman–Crippen LogP) is 0.0156. The van der Waals surface area contributed by atoms with Gasteiger partial charge in [-0.15, -0.1) is 5.11 Å². The van der Waals surface area contributed by atoms with Crippen LogP contribution in [-0.2, 0) is 0 Å². The molecule has 0 aromatic carbocycles. The maximum atomic E-state index is 10.9. The third-order valence-corrected chi connectivity index (χ3v) is 1.13. The fourth-order valence-electron chi connectivity index (χ4n) is 0.706. The summed E-state index contributed by atoms with van der Waals surface area (Å²) < 4.78 is 1.13. The maximum absolute atomic E-state index is 10.9. The summed E-state index contributed by atoms with van der Waals surface area (Å²) in [5.74, 6) is 0.0683. The Bertz CT molecular complexity index is 300. The molecule has 0 N–H and O–H groups in total. The van der Waals surface area contributed by atoms with Crippen LogP contribution in [0, 0.1) is 0 Å². The van der Waals surface area contributed by atoms with E-state index in [4.69, 9.17) is 0 Å². The van der Waals surface area contributed by atoms with Crippen LogP contribution in [0.3, 0.4) is 0 Å². The van der Waals surface area contributed by atoms with Crippen LogP contribution in [0.5, 0.6) is 0 Å². The summed E-state index contributed by atoms with van der Waals surface area (Å²) in [4.78, 5) is 14.5. The van der Waals surface area contributed by atoms with Crippen molar-refractivity contribution in [1.29, 1.82) is 0 Å². The molecule has 0 atom stereocenters. The molecule has 0 aliphatic carbocycles. The lowest BCUT2D eigenvalue weighted by molar-refractivity contribution is 0.0902. The zero-order chi connectivity index (χ0) is 6.97. The Hall–Kier alpha value is -1.59. The lowest BCUT2D eigenvalue weighted by Gasteiger charge is -2.00. The van der Waals surface area contributed by atoms with Crippen molar-refractivity contribution in [2.75, 3.05) is 6.54 Å². The van der Waals surface area contributed by atoms with Crippen molar-refractivity contribution < 1.29 is 4.79 Å². The first-order chi connectivity index (χ1) is 4.88. The van der Waals surface area contributed by atoms with E-state index >= 15 is 0 Å². The molecule has 6 nitrogen and oxygen atoms in total. The molecule has 0 bridgehead atoms. The minimum absolute atomic E-state index is 0.0658. The highest BCUT2D eigenvalue weighted by Gasteiger charge is 2.14. The van der Waals surface area contributed by atoms with Gasteiger partial charge in [0.1, 0.15) is 12.9 Å². The van der Waals surface area contributed by atoms with Gasteiger partial charge in [0, 0.05) is 0 Å². The van der Waals surface area contributed by atoms with Crippen LogP contribution < -0.4 is 0 Å². The lowest BCUT2D eigenvalue weighted by Crippen LogP contribution is -2.17. The van der Waals surface area contributed by atoms with E-state index in [-0.39, 0.29) is 18.4 Å². The van der Waals surface area contributed by atoms with E-state index in [1.165, 1.54) is 6.33 Å². The number of carbonyl (C=O) groups is 1. The highest BCUT2D eigenvalue weighted by atomic mass is 16.2. The average Bonchev–Trinajstić information content (AvgIpc) is 2.36. The normalized spacial score (nSPS) is 15.4. The molecular weight excluding hydrogens is 134 g/mol. The summed E-state index contributed by atoms with van der Waals surface area (Å²) >= 11 is 0. The van der Waals surface area contributed by atoms with E-state index in [0.29, 0.717) is 0 Å². The van der Waals surface area contributed by atoms with Gasteiger partial charge >= 0.3 is 0 Å². The van der Waals surface area contributed by atoms with Crippen molar-refractivity contribution in [3.8, 4) is 0 Å². The zero-order valence-corrected chi connectivity index (χ0v) is 4.93. The second kappa shape index (κ2) is 1.69. The monoisotopic (exact) mass is 137 g/mol. The van der Waals surface area contributed by atoms with Crippen molar-refractivity contribution in [2.45, 2.75) is 0 Å². The van der Waals surface area contributed by atoms with Crippen LogP contribution in [0.4, 0.5) is 5.95 Å². The van der Waals surface area contributed by atoms with Crippen LogP contribution in [0.1, 0.15) is 4.79 Å². The molecule has 0 spiro atoms. The van der Waals surface area contributed by atoms with Gasteiger partial charge in [-0.1, -0.05) is 0 Å². The number of nitrogens with zero attached hydrogens (tertiary/aromatic N) is 5. The average molecular weight is 137 g/mol. The SMILES string of the molecule is O=C1CN=Nc2ncnn21. The standard InChI is InChI=1S/C4H3N5O/c10-3-1-6-8-4-5-2-7-9(3)4/h2H,1H2. The maximum Gasteiger partial charge on any atom is 0.274 e. The Labute approximate surface area is 55.6 Å². The van der Waals surface area contributed by atoms with E-state index < -0.39 is 0 Å². The Morgan fingerprint density at radius 1 is 1.60 bits per heavy atom. The van der Waals surface area contributed by atoms with Gasteiger partial charge in [0.25, 0.3) is 11.9 Å². The van der Waals surface area contributed by atoms with E-state index in [9.17, 15) is 4.79 Å². The van der Waals surface area contributed by atoms with Gasteiger partial charge in [-0.25, -0.2) is 0 Å². The largest absolute Gasteiger partial charge is 0.274 e. The molecule has 0 fully saturated rings. The number of carbonyl (C=O) groups excluding carboxylic acids is 1. The minimum Gasteiger partial charge on any atom is -0.270 e. The quantitative estimate of drug-likeness (QED) is 0.505. The first kappa shape index (κ1) is 5.21. The van der Waals surface area contributed by atoms with Gasteiger partial charge in [0.2, 0.25) is 0 Å². The van der Waals surface area contributed by atoms with Crippen LogP contribution >= 0.6 is 0 Å². The van der Waals surface area contributed by atoms with Crippen LogP contribution in [0.2, 0.25) is 0 Å². The lowest BCUT2D eigenvalue weighted by atomic mass is 10.6. The predicted molar refractivity (Wildman–Crippen MR) is 30.0 cm³/mol. The van der Waals surface area contributed by atoms with Crippen LogP contribution in [0.25, 0.3) is 0 Å². The van der Waals surface area contributed by atoms with Gasteiger partial charge in [0.05, 0.1) is 0 Å². The molecule has 0 unspecified atom stereocenters. The van der Waals surface area contributed by atoms with Crippen molar-refractivity contribution in [1.82, 2.24) is 14.8 Å². The molecule has 0 amide bonds. The van der Waals surface area contributed by atoms with E-state index in [1.54, 1.807) is 0 Å². The summed E-state index contributed by atoms with van der Waals surface area (Å²) in [7, 11) is 0. The first-order valence-electron chi connectivity index (χ1n) is 2.68. The van der Waals surface area contributed by atoms with E-state index in [2.05, 4.69) is 20.3 Å². The Morgan fingerprint density at radius 3 is 3.30 bits per heavy atom. The van der Waals surface area contributed by atoms with Crippen LogP contribution in [-0.4, -0.2) is 27.2 Å². The van der Waals surface area contributed by atoms with Crippen molar-refractivity contribution >= 4 is 11.9 Å². The second-order valence-corrected chi connectivity index (χ2v) is 1.77. The number of hydrogen-bond donors (Lipinski definition) is 0. The minimum atomic E-state index is -0.192. The Kier molecular flexibility index (Phi) is 0.883. The highest BCUT2D eigenvalue weighted by Crippen LogP contribution is 2.10. The number of aromatic nitrogens is 3. The summed E-state index contributed by atoms with van der Waals surface area (Å²) in [6.45, 7) is 0.0658. The number of rotatable bonds is 0. The highest BCUT2D eigenvalue weighted by molar-refractivity contribution is 5.82. The third kappa shape index (κ3) is 0.554. The van der Waals surface area contributed by atoms with Crippen LogP contribution in [0.15, 0.2) is 16.6 Å². The van der Waals surface area contributed by atoms with Gasteiger partial charge in [-0.3, -0.25) is 4.79 Å². The summed E-state index contributed by atoms with van der Waals surface area (Å²) in [5, 5.41) is 10.8. The topological polar surface area (TPSA) is 72.5 Å². The molecule has 10 heavy (non-hydrogen) atoms. The van der Waals surface area contributed by atoms with Crippen molar-refractivity contribution in [3.05, 3.63) is 6.33 Å². The molecular formula is C4H3N5O. The van der Waals surface area contributed by atoms with E-state index in [0.717, 1.165) is 4.68 Å². The summed E-state index contributed by atoms with van der Waals surface area (Å²) in [6.07, 6.45) is 1.28. The molecule has 50 valence electrons. The summed E-state index contributed by atoms with van der Waals surface area (Å²) in [6, 6.07) is 0. The summed E-state index contributed by atoms with van der Waals surface area (Å²) in [5.41, 5.74) is 0. The molecule has 6 heteroatoms. The molecule has 0 saturated carbocycles. The molecule has 0 radical (unpaired) electrons. The van der Waals surface area contributed by atoms with Crippen molar-refractivity contribution in [3.63, 3.8) is 0 Å². The zero-order valence-electron chi connectivity index (χ0n) is 4.93. The number of fused-ring (bicyclic) bond motifs is 1. The van der Waals surface area contributed by atoms with E-state index in [1.807, 2.05) is 0 Å². The third-order valence-electron chi connectivity index (χ3n) is 1.13.